The topological polar surface area (TPSA) is 61.4 Å². The molecule has 4 heterocycles. The first-order valence-corrected chi connectivity index (χ1v) is 11.6. The van der Waals surface area contributed by atoms with Crippen molar-refractivity contribution in [3.8, 4) is 5.69 Å². The second kappa shape index (κ2) is 7.27. The lowest BCUT2D eigenvalue weighted by Gasteiger charge is -2.26. The van der Waals surface area contributed by atoms with Crippen molar-refractivity contribution in [1.82, 2.24) is 19.2 Å². The van der Waals surface area contributed by atoms with Crippen LogP contribution in [0.5, 0.6) is 0 Å². The Morgan fingerprint density at radius 1 is 1.28 bits per heavy atom. The van der Waals surface area contributed by atoms with Gasteiger partial charge in [-0.3, -0.25) is 4.79 Å². The molecule has 0 fully saturated rings. The van der Waals surface area contributed by atoms with Crippen LogP contribution in [-0.2, 0) is 17.8 Å². The lowest BCUT2D eigenvalue weighted by Crippen LogP contribution is -2.28. The molecule has 0 saturated heterocycles. The standard InChI is InChI=1S/C21H22N4O2S2/c1-4-28-21-23-22-20-24(13-8-6-5-7-9-13)18(26)17-14-10-15(12(2)3)27-11-16(14)29-19(17)25(20)21/h5-9,12,15H,4,10-11H2,1-3H3/t15-/m0/s1. The fraction of sp³-hybridized carbons (Fsp3) is 0.381. The summed E-state index contributed by atoms with van der Waals surface area (Å²) in [6.45, 7) is 6.99. The number of aromatic nitrogens is 4. The Bertz CT molecular complexity index is 1260. The first-order chi connectivity index (χ1) is 14.1. The van der Waals surface area contributed by atoms with Gasteiger partial charge in [0.1, 0.15) is 4.83 Å². The number of para-hydroxylation sites is 1. The maximum Gasteiger partial charge on any atom is 0.268 e. The first-order valence-electron chi connectivity index (χ1n) is 9.84. The molecule has 0 amide bonds. The third-order valence-corrected chi connectivity index (χ3v) is 7.38. The molecule has 1 aliphatic heterocycles. The van der Waals surface area contributed by atoms with Gasteiger partial charge >= 0.3 is 0 Å². The van der Waals surface area contributed by atoms with Gasteiger partial charge in [0.25, 0.3) is 5.56 Å². The molecule has 5 rings (SSSR count). The van der Waals surface area contributed by atoms with Crippen molar-refractivity contribution in [3.05, 3.63) is 51.1 Å². The second-order valence-corrected chi connectivity index (χ2v) is 9.82. The van der Waals surface area contributed by atoms with Gasteiger partial charge in [-0.25, -0.2) is 8.97 Å². The van der Waals surface area contributed by atoms with Gasteiger partial charge < -0.3 is 4.74 Å². The average Bonchev–Trinajstić information content (AvgIpc) is 3.30. The van der Waals surface area contributed by atoms with Crippen molar-refractivity contribution in [2.45, 2.75) is 45.1 Å². The zero-order chi connectivity index (χ0) is 20.1. The molecular formula is C21H22N4O2S2. The SMILES string of the molecule is CCSc1nnc2n(-c3ccccc3)c(=O)c3c4c(sc3n12)CO[C@H](C(C)C)C4. The summed E-state index contributed by atoms with van der Waals surface area (Å²) in [7, 11) is 0. The minimum absolute atomic E-state index is 0.0268. The zero-order valence-corrected chi connectivity index (χ0v) is 18.2. The highest BCUT2D eigenvalue weighted by Crippen LogP contribution is 2.37. The van der Waals surface area contributed by atoms with Gasteiger partial charge in [0.05, 0.1) is 23.8 Å². The normalized spacial score (nSPS) is 16.8. The largest absolute Gasteiger partial charge is 0.372 e. The Morgan fingerprint density at radius 3 is 2.79 bits per heavy atom. The molecule has 4 aromatic rings. The summed E-state index contributed by atoms with van der Waals surface area (Å²) in [6, 6.07) is 9.70. The van der Waals surface area contributed by atoms with Gasteiger partial charge in [-0.05, 0) is 29.4 Å². The number of thioether (sulfide) groups is 1. The molecule has 0 radical (unpaired) electrons. The Hall–Kier alpha value is -2.16. The minimum Gasteiger partial charge on any atom is -0.372 e. The van der Waals surface area contributed by atoms with Crippen molar-refractivity contribution < 1.29 is 4.74 Å². The summed E-state index contributed by atoms with van der Waals surface area (Å²) in [4.78, 5) is 15.8. The monoisotopic (exact) mass is 426 g/mol. The molecule has 0 spiro atoms. The number of nitrogens with zero attached hydrogens (tertiary/aromatic N) is 4. The molecule has 1 aliphatic rings. The van der Waals surface area contributed by atoms with Crippen molar-refractivity contribution in [3.63, 3.8) is 0 Å². The molecule has 29 heavy (non-hydrogen) atoms. The van der Waals surface area contributed by atoms with Crippen LogP contribution in [0, 0.1) is 5.92 Å². The number of thiophene rings is 1. The van der Waals surface area contributed by atoms with E-state index in [0.717, 1.165) is 43.7 Å². The third kappa shape index (κ3) is 2.93. The molecule has 0 N–H and O–H groups in total. The van der Waals surface area contributed by atoms with Crippen molar-refractivity contribution in [2.24, 2.45) is 5.92 Å². The molecular weight excluding hydrogens is 404 g/mol. The maximum absolute atomic E-state index is 13.8. The van der Waals surface area contributed by atoms with Crippen LogP contribution in [0.4, 0.5) is 0 Å². The van der Waals surface area contributed by atoms with Crippen molar-refractivity contribution in [2.75, 3.05) is 5.75 Å². The predicted octanol–water partition coefficient (Wildman–Crippen LogP) is 4.30. The number of hydrogen-bond donors (Lipinski definition) is 0. The minimum atomic E-state index is -0.0268. The molecule has 1 aromatic carbocycles. The molecule has 150 valence electrons. The molecule has 8 heteroatoms. The van der Waals surface area contributed by atoms with E-state index in [0.29, 0.717) is 18.3 Å². The molecule has 0 saturated carbocycles. The van der Waals surface area contributed by atoms with Crippen LogP contribution in [0.15, 0.2) is 40.3 Å². The molecule has 6 nitrogen and oxygen atoms in total. The highest BCUT2D eigenvalue weighted by molar-refractivity contribution is 7.99. The lowest BCUT2D eigenvalue weighted by molar-refractivity contribution is 0.00200. The second-order valence-electron chi connectivity index (χ2n) is 7.51. The molecule has 0 bridgehead atoms. The van der Waals surface area contributed by atoms with E-state index in [1.54, 1.807) is 27.7 Å². The number of hydrogen-bond acceptors (Lipinski definition) is 6. The Balaban J connectivity index is 1.89. The Labute approximate surface area is 176 Å². The van der Waals surface area contributed by atoms with E-state index in [-0.39, 0.29) is 11.7 Å². The van der Waals surface area contributed by atoms with Gasteiger partial charge in [0.2, 0.25) is 5.78 Å². The summed E-state index contributed by atoms with van der Waals surface area (Å²) >= 11 is 3.27. The third-order valence-electron chi connectivity index (χ3n) is 5.37. The van der Waals surface area contributed by atoms with E-state index in [1.165, 1.54) is 0 Å². The smallest absolute Gasteiger partial charge is 0.268 e. The van der Waals surface area contributed by atoms with Gasteiger partial charge in [-0.15, -0.1) is 21.5 Å². The molecule has 0 unspecified atom stereocenters. The van der Waals surface area contributed by atoms with Crippen LogP contribution in [0.1, 0.15) is 31.2 Å². The van der Waals surface area contributed by atoms with E-state index < -0.39 is 0 Å². The Morgan fingerprint density at radius 2 is 2.07 bits per heavy atom. The van der Waals surface area contributed by atoms with Gasteiger partial charge in [0.15, 0.2) is 5.16 Å². The summed E-state index contributed by atoms with van der Waals surface area (Å²) in [5.41, 5.74) is 1.91. The number of rotatable bonds is 4. The summed E-state index contributed by atoms with van der Waals surface area (Å²) in [6.07, 6.45) is 0.895. The summed E-state index contributed by atoms with van der Waals surface area (Å²) in [5, 5.41) is 10.4. The van der Waals surface area contributed by atoms with E-state index >= 15 is 0 Å². The average molecular weight is 427 g/mol. The molecule has 1 atom stereocenters. The van der Waals surface area contributed by atoms with Crippen LogP contribution in [0.2, 0.25) is 0 Å². The van der Waals surface area contributed by atoms with Crippen LogP contribution in [-0.4, -0.2) is 31.0 Å². The number of fused-ring (bicyclic) bond motifs is 5. The molecule has 0 aliphatic carbocycles. The Kier molecular flexibility index (Phi) is 4.72. The predicted molar refractivity (Wildman–Crippen MR) is 117 cm³/mol. The van der Waals surface area contributed by atoms with Gasteiger partial charge in [-0.2, -0.15) is 0 Å². The van der Waals surface area contributed by atoms with E-state index in [4.69, 9.17) is 4.74 Å². The van der Waals surface area contributed by atoms with Crippen LogP contribution in [0.25, 0.3) is 21.7 Å². The van der Waals surface area contributed by atoms with Gasteiger partial charge in [0, 0.05) is 11.3 Å². The quantitative estimate of drug-likeness (QED) is 0.455. The summed E-state index contributed by atoms with van der Waals surface area (Å²) in [5.74, 6) is 1.85. The maximum atomic E-state index is 13.8. The first kappa shape index (κ1) is 18.8. The van der Waals surface area contributed by atoms with Crippen molar-refractivity contribution >= 4 is 39.1 Å². The highest BCUT2D eigenvalue weighted by atomic mass is 32.2. The summed E-state index contributed by atoms with van der Waals surface area (Å²) < 4.78 is 9.82. The fourth-order valence-corrected chi connectivity index (χ4v) is 5.86. The van der Waals surface area contributed by atoms with E-state index in [2.05, 4.69) is 31.0 Å². The van der Waals surface area contributed by atoms with Crippen LogP contribution >= 0.6 is 23.1 Å². The lowest BCUT2D eigenvalue weighted by atomic mass is 9.96. The van der Waals surface area contributed by atoms with E-state index in [9.17, 15) is 4.79 Å². The fourth-order valence-electron chi connectivity index (χ4n) is 3.90. The number of benzene rings is 1. The molecule has 3 aromatic heterocycles. The van der Waals surface area contributed by atoms with E-state index in [1.807, 2.05) is 34.7 Å². The number of ether oxygens (including phenoxy) is 1. The van der Waals surface area contributed by atoms with Crippen molar-refractivity contribution in [1.29, 1.82) is 0 Å². The zero-order valence-electron chi connectivity index (χ0n) is 16.6. The highest BCUT2D eigenvalue weighted by Gasteiger charge is 2.30. The van der Waals surface area contributed by atoms with Gasteiger partial charge in [-0.1, -0.05) is 50.7 Å². The van der Waals surface area contributed by atoms with Crippen LogP contribution in [0.3, 0.4) is 0 Å². The van der Waals surface area contributed by atoms with Crippen LogP contribution < -0.4 is 5.56 Å².